The number of hydrogen-bond acceptors (Lipinski definition) is 4. The standard InChI is InChI=1S/C18H20N2O3S/c21-17(20-8-6-14(7-9-20)18(22)23)11-15-12-24-16(19-15)10-13-4-2-1-3-5-13/h1-5,12,14H,6-11H2,(H,22,23). The first-order chi connectivity index (χ1) is 11.6. The molecule has 0 radical (unpaired) electrons. The van der Waals surface area contributed by atoms with Crippen LogP contribution in [-0.2, 0) is 22.4 Å². The smallest absolute Gasteiger partial charge is 0.306 e. The van der Waals surface area contributed by atoms with Crippen LogP contribution in [0.1, 0.15) is 29.1 Å². The number of carboxylic acids is 1. The molecule has 1 aromatic heterocycles. The van der Waals surface area contributed by atoms with Gasteiger partial charge >= 0.3 is 5.97 Å². The maximum absolute atomic E-state index is 12.4. The van der Waals surface area contributed by atoms with Gasteiger partial charge in [-0.25, -0.2) is 4.98 Å². The fourth-order valence-corrected chi connectivity index (χ4v) is 3.75. The van der Waals surface area contributed by atoms with E-state index in [1.807, 2.05) is 23.6 Å². The lowest BCUT2D eigenvalue weighted by molar-refractivity contribution is -0.145. The number of benzene rings is 1. The Morgan fingerprint density at radius 3 is 2.58 bits per heavy atom. The Balaban J connectivity index is 1.53. The lowest BCUT2D eigenvalue weighted by atomic mass is 9.97. The van der Waals surface area contributed by atoms with Crippen LogP contribution >= 0.6 is 11.3 Å². The molecule has 2 heterocycles. The highest BCUT2D eigenvalue weighted by atomic mass is 32.1. The molecule has 0 aliphatic carbocycles. The number of nitrogens with zero attached hydrogens (tertiary/aromatic N) is 2. The normalized spacial score (nSPS) is 15.4. The molecule has 126 valence electrons. The zero-order valence-electron chi connectivity index (χ0n) is 13.4. The first-order valence-electron chi connectivity index (χ1n) is 8.09. The van der Waals surface area contributed by atoms with E-state index in [0.29, 0.717) is 32.4 Å². The van der Waals surface area contributed by atoms with Crippen molar-refractivity contribution in [3.8, 4) is 0 Å². The number of aliphatic carboxylic acids is 1. The van der Waals surface area contributed by atoms with Gasteiger partial charge in [-0.2, -0.15) is 0 Å². The predicted octanol–water partition coefficient (Wildman–Crippen LogP) is 2.60. The summed E-state index contributed by atoms with van der Waals surface area (Å²) in [4.78, 5) is 29.6. The van der Waals surface area contributed by atoms with E-state index in [-0.39, 0.29) is 11.8 Å². The van der Waals surface area contributed by atoms with Crippen molar-refractivity contribution in [2.24, 2.45) is 5.92 Å². The van der Waals surface area contributed by atoms with Crippen LogP contribution in [0.2, 0.25) is 0 Å². The number of carbonyl (C=O) groups excluding carboxylic acids is 1. The van der Waals surface area contributed by atoms with Crippen LogP contribution in [0.4, 0.5) is 0 Å². The van der Waals surface area contributed by atoms with Crippen LogP contribution in [0.3, 0.4) is 0 Å². The minimum atomic E-state index is -0.757. The van der Waals surface area contributed by atoms with Crippen molar-refractivity contribution < 1.29 is 14.7 Å². The molecule has 1 fully saturated rings. The zero-order chi connectivity index (χ0) is 16.9. The molecule has 1 N–H and O–H groups in total. The Kier molecular flexibility index (Phi) is 5.25. The van der Waals surface area contributed by atoms with Gasteiger partial charge < -0.3 is 10.0 Å². The van der Waals surface area contributed by atoms with Gasteiger partial charge in [0.2, 0.25) is 5.91 Å². The van der Waals surface area contributed by atoms with E-state index in [1.54, 1.807) is 16.2 Å². The van der Waals surface area contributed by atoms with Gasteiger partial charge in [-0.05, 0) is 18.4 Å². The molecule has 1 amide bonds. The molecule has 0 unspecified atom stereocenters. The summed E-state index contributed by atoms with van der Waals surface area (Å²) in [5.74, 6) is -1.03. The number of carboxylic acid groups (broad SMARTS) is 1. The van der Waals surface area contributed by atoms with Gasteiger partial charge in [-0.3, -0.25) is 9.59 Å². The topological polar surface area (TPSA) is 70.5 Å². The van der Waals surface area contributed by atoms with Crippen LogP contribution in [-0.4, -0.2) is 40.0 Å². The predicted molar refractivity (Wildman–Crippen MR) is 92.0 cm³/mol. The number of piperidine rings is 1. The number of aromatic nitrogens is 1. The van der Waals surface area contributed by atoms with Gasteiger partial charge in [0.15, 0.2) is 0 Å². The van der Waals surface area contributed by atoms with Gasteiger partial charge in [-0.1, -0.05) is 30.3 Å². The second-order valence-electron chi connectivity index (χ2n) is 6.07. The summed E-state index contributed by atoms with van der Waals surface area (Å²) in [6.45, 7) is 1.05. The summed E-state index contributed by atoms with van der Waals surface area (Å²) >= 11 is 1.58. The summed E-state index contributed by atoms with van der Waals surface area (Å²) in [5.41, 5.74) is 2.01. The Labute approximate surface area is 145 Å². The van der Waals surface area contributed by atoms with E-state index < -0.39 is 5.97 Å². The average molecular weight is 344 g/mol. The van der Waals surface area contributed by atoms with E-state index in [9.17, 15) is 9.59 Å². The Morgan fingerprint density at radius 2 is 1.92 bits per heavy atom. The van der Waals surface area contributed by atoms with Gasteiger partial charge in [0, 0.05) is 24.9 Å². The maximum atomic E-state index is 12.4. The van der Waals surface area contributed by atoms with Crippen molar-refractivity contribution in [2.45, 2.75) is 25.7 Å². The van der Waals surface area contributed by atoms with Crippen molar-refractivity contribution >= 4 is 23.2 Å². The lowest BCUT2D eigenvalue weighted by Crippen LogP contribution is -2.41. The molecule has 1 aliphatic rings. The third-order valence-electron chi connectivity index (χ3n) is 4.33. The number of hydrogen-bond donors (Lipinski definition) is 1. The summed E-state index contributed by atoms with van der Waals surface area (Å²) < 4.78 is 0. The maximum Gasteiger partial charge on any atom is 0.306 e. The van der Waals surface area contributed by atoms with Gasteiger partial charge in [0.25, 0.3) is 0 Å². The van der Waals surface area contributed by atoms with Crippen LogP contribution in [0.25, 0.3) is 0 Å². The monoisotopic (exact) mass is 344 g/mol. The van der Waals surface area contributed by atoms with Crippen LogP contribution in [0, 0.1) is 5.92 Å². The van der Waals surface area contributed by atoms with Gasteiger partial charge in [-0.15, -0.1) is 11.3 Å². The molecule has 3 rings (SSSR count). The Morgan fingerprint density at radius 1 is 1.21 bits per heavy atom. The Bertz CT molecular complexity index is 706. The second kappa shape index (κ2) is 7.57. The van der Waals surface area contributed by atoms with Crippen molar-refractivity contribution in [3.63, 3.8) is 0 Å². The molecular formula is C18H20N2O3S. The third kappa shape index (κ3) is 4.20. The third-order valence-corrected chi connectivity index (χ3v) is 5.22. The van der Waals surface area contributed by atoms with Crippen LogP contribution in [0.5, 0.6) is 0 Å². The zero-order valence-corrected chi connectivity index (χ0v) is 14.2. The number of amides is 1. The highest BCUT2D eigenvalue weighted by Gasteiger charge is 2.27. The van der Waals surface area contributed by atoms with Crippen molar-refractivity contribution in [1.29, 1.82) is 0 Å². The van der Waals surface area contributed by atoms with E-state index in [1.165, 1.54) is 5.56 Å². The fraction of sp³-hybridized carbons (Fsp3) is 0.389. The summed E-state index contributed by atoms with van der Waals surface area (Å²) in [6.07, 6.45) is 2.15. The molecule has 1 aromatic carbocycles. The van der Waals surface area contributed by atoms with Crippen LogP contribution in [0.15, 0.2) is 35.7 Å². The molecule has 1 aliphatic heterocycles. The van der Waals surface area contributed by atoms with Crippen molar-refractivity contribution in [1.82, 2.24) is 9.88 Å². The lowest BCUT2D eigenvalue weighted by Gasteiger charge is -2.30. The first kappa shape index (κ1) is 16.6. The molecular weight excluding hydrogens is 324 g/mol. The highest BCUT2D eigenvalue weighted by Crippen LogP contribution is 2.19. The minimum absolute atomic E-state index is 0.0374. The molecule has 24 heavy (non-hydrogen) atoms. The molecule has 2 aromatic rings. The minimum Gasteiger partial charge on any atom is -0.481 e. The van der Waals surface area contributed by atoms with E-state index in [0.717, 1.165) is 17.1 Å². The van der Waals surface area contributed by atoms with E-state index >= 15 is 0 Å². The molecule has 6 heteroatoms. The highest BCUT2D eigenvalue weighted by molar-refractivity contribution is 7.09. The molecule has 0 saturated carbocycles. The van der Waals surface area contributed by atoms with Gasteiger partial charge in [0.1, 0.15) is 0 Å². The molecule has 5 nitrogen and oxygen atoms in total. The average Bonchev–Trinajstić information content (AvgIpc) is 3.02. The summed E-state index contributed by atoms with van der Waals surface area (Å²) in [6, 6.07) is 10.1. The molecule has 0 bridgehead atoms. The molecule has 0 spiro atoms. The Hall–Kier alpha value is -2.21. The summed E-state index contributed by atoms with van der Waals surface area (Å²) in [5, 5.41) is 12.0. The van der Waals surface area contributed by atoms with Crippen molar-refractivity contribution in [3.05, 3.63) is 52.0 Å². The molecule has 1 saturated heterocycles. The quantitative estimate of drug-likeness (QED) is 0.905. The van der Waals surface area contributed by atoms with E-state index in [4.69, 9.17) is 5.11 Å². The number of rotatable bonds is 5. The number of likely N-dealkylation sites (tertiary alicyclic amines) is 1. The SMILES string of the molecule is O=C(O)C1CCN(C(=O)Cc2csc(Cc3ccccc3)n2)CC1. The van der Waals surface area contributed by atoms with Crippen molar-refractivity contribution in [2.75, 3.05) is 13.1 Å². The van der Waals surface area contributed by atoms with Gasteiger partial charge in [0.05, 0.1) is 23.0 Å². The number of thiazole rings is 1. The summed E-state index contributed by atoms with van der Waals surface area (Å²) in [7, 11) is 0. The molecule has 0 atom stereocenters. The van der Waals surface area contributed by atoms with E-state index in [2.05, 4.69) is 17.1 Å². The largest absolute Gasteiger partial charge is 0.481 e. The van der Waals surface area contributed by atoms with Crippen LogP contribution < -0.4 is 0 Å². The second-order valence-corrected chi connectivity index (χ2v) is 7.01. The fourth-order valence-electron chi connectivity index (χ4n) is 2.92. The number of carbonyl (C=O) groups is 2. The first-order valence-corrected chi connectivity index (χ1v) is 8.97.